The minimum Gasteiger partial charge on any atom is -0.453 e. The molecule has 10 heteroatoms. The van der Waals surface area contributed by atoms with Crippen molar-refractivity contribution >= 4 is 24.6 Å². The Morgan fingerprint density at radius 2 is 1.61 bits per heavy atom. The third-order valence-electron chi connectivity index (χ3n) is 7.58. The molecule has 1 aromatic heterocycles. The molecular weight excluding hydrogens is 485 g/mol. The molecule has 208 valence electrons. The predicted octanol–water partition coefficient (Wildman–Crippen LogP) is 3.74. The maximum atomic E-state index is 12.3. The summed E-state index contributed by atoms with van der Waals surface area (Å²) in [6, 6.07) is 11.7. The second-order valence-corrected chi connectivity index (χ2v) is 10.7. The monoisotopic (exact) mass is 527 g/mol. The number of nitrogens with zero attached hydrogens (tertiary/aromatic N) is 1. The number of likely N-dealkylation sites (tertiary alicyclic amines) is 1. The number of nitrogens with one attached hydrogen (secondary N) is 2. The number of hydrogen-bond donors (Lipinski definition) is 2. The number of methoxy groups -OCH3 is 2. The van der Waals surface area contributed by atoms with Crippen LogP contribution in [0.1, 0.15) is 53.9 Å². The van der Waals surface area contributed by atoms with Gasteiger partial charge in [-0.05, 0) is 77.0 Å². The first-order valence-electron chi connectivity index (χ1n) is 13.2. The molecule has 2 saturated heterocycles. The summed E-state index contributed by atoms with van der Waals surface area (Å²) in [7, 11) is 2.49. The van der Waals surface area contributed by atoms with Gasteiger partial charge in [-0.3, -0.25) is 4.79 Å². The summed E-state index contributed by atoms with van der Waals surface area (Å²) in [5, 5.41) is 2.54. The summed E-state index contributed by atoms with van der Waals surface area (Å²) in [5.41, 5.74) is 2.74. The SMILES string of the molecule is CC1(C)OB(c2ccc(-c3ccc[nH]3)cc2)OC1(C)C.COC(=O)NC(C(=O)N1CCCCC1)C(C)OC. The van der Waals surface area contributed by atoms with Crippen LogP contribution in [0.3, 0.4) is 0 Å². The maximum absolute atomic E-state index is 12.3. The molecule has 2 aromatic rings. The molecule has 2 amide bonds. The van der Waals surface area contributed by atoms with Crippen molar-refractivity contribution in [2.45, 2.75) is 77.2 Å². The Balaban J connectivity index is 0.000000212. The lowest BCUT2D eigenvalue weighted by Crippen LogP contribution is -2.55. The molecule has 0 bridgehead atoms. The molecule has 0 spiro atoms. The zero-order valence-corrected chi connectivity index (χ0v) is 23.7. The van der Waals surface area contributed by atoms with Crippen LogP contribution in [0.25, 0.3) is 11.3 Å². The molecule has 2 aliphatic heterocycles. The number of amides is 2. The molecule has 0 radical (unpaired) electrons. The van der Waals surface area contributed by atoms with Gasteiger partial charge in [0.05, 0.1) is 24.4 Å². The number of aromatic amines is 1. The van der Waals surface area contributed by atoms with Gasteiger partial charge in [0.2, 0.25) is 5.91 Å². The zero-order valence-electron chi connectivity index (χ0n) is 23.7. The summed E-state index contributed by atoms with van der Waals surface area (Å²) >= 11 is 0. The molecule has 2 aliphatic rings. The van der Waals surface area contributed by atoms with Gasteiger partial charge < -0.3 is 34.0 Å². The van der Waals surface area contributed by atoms with Gasteiger partial charge in [0.25, 0.3) is 0 Å². The van der Waals surface area contributed by atoms with Gasteiger partial charge in [-0.25, -0.2) is 4.79 Å². The number of carbonyl (C=O) groups is 2. The van der Waals surface area contributed by atoms with Gasteiger partial charge in [0.1, 0.15) is 6.04 Å². The minimum absolute atomic E-state index is 0.102. The molecule has 2 unspecified atom stereocenters. The fourth-order valence-corrected chi connectivity index (χ4v) is 4.32. The highest BCUT2D eigenvalue weighted by Crippen LogP contribution is 2.36. The molecule has 2 N–H and O–H groups in total. The van der Waals surface area contributed by atoms with E-state index in [2.05, 4.69) is 73.1 Å². The number of H-pyrrole nitrogens is 1. The largest absolute Gasteiger partial charge is 0.494 e. The Labute approximate surface area is 226 Å². The van der Waals surface area contributed by atoms with E-state index in [-0.39, 0.29) is 24.2 Å². The fourth-order valence-electron chi connectivity index (χ4n) is 4.32. The first-order chi connectivity index (χ1) is 18.0. The molecule has 1 aromatic carbocycles. The topological polar surface area (TPSA) is 102 Å². The Morgan fingerprint density at radius 3 is 2.11 bits per heavy atom. The first kappa shape index (κ1) is 29.7. The Morgan fingerprint density at radius 1 is 1.00 bits per heavy atom. The van der Waals surface area contributed by atoms with E-state index in [1.807, 2.05) is 12.3 Å². The number of carbonyl (C=O) groups excluding carboxylic acids is 2. The second-order valence-electron chi connectivity index (χ2n) is 10.7. The lowest BCUT2D eigenvalue weighted by molar-refractivity contribution is -0.137. The van der Waals surface area contributed by atoms with Gasteiger partial charge in [0, 0.05) is 32.1 Å². The van der Waals surface area contributed by atoms with Gasteiger partial charge >= 0.3 is 13.2 Å². The Bertz CT molecular complexity index is 1020. The van der Waals surface area contributed by atoms with Crippen LogP contribution in [0.2, 0.25) is 0 Å². The van der Waals surface area contributed by atoms with Crippen molar-refractivity contribution in [1.29, 1.82) is 0 Å². The van der Waals surface area contributed by atoms with Crippen molar-refractivity contribution < 1.29 is 28.4 Å². The van der Waals surface area contributed by atoms with Crippen LogP contribution in [0, 0.1) is 0 Å². The predicted molar refractivity (Wildman–Crippen MR) is 148 cm³/mol. The van der Waals surface area contributed by atoms with Crippen molar-refractivity contribution in [2.75, 3.05) is 27.3 Å². The average molecular weight is 527 g/mol. The van der Waals surface area contributed by atoms with E-state index in [0.717, 1.165) is 49.1 Å². The number of piperidine rings is 1. The Kier molecular flexibility index (Phi) is 10.0. The third-order valence-corrected chi connectivity index (χ3v) is 7.58. The molecule has 2 fully saturated rings. The van der Waals surface area contributed by atoms with Crippen LogP contribution in [0.15, 0.2) is 42.6 Å². The third kappa shape index (κ3) is 7.18. The van der Waals surface area contributed by atoms with E-state index in [9.17, 15) is 9.59 Å². The van der Waals surface area contributed by atoms with E-state index < -0.39 is 18.2 Å². The zero-order chi connectivity index (χ0) is 27.9. The van der Waals surface area contributed by atoms with Crippen molar-refractivity contribution in [3.8, 4) is 11.3 Å². The summed E-state index contributed by atoms with van der Waals surface area (Å²) in [5.74, 6) is -0.102. The van der Waals surface area contributed by atoms with E-state index >= 15 is 0 Å². The normalized spacial score (nSPS) is 19.7. The average Bonchev–Trinajstić information content (AvgIpc) is 3.53. The maximum Gasteiger partial charge on any atom is 0.494 e. The molecule has 0 aliphatic carbocycles. The van der Waals surface area contributed by atoms with Crippen LogP contribution in [-0.4, -0.2) is 79.7 Å². The Hall–Kier alpha value is -2.82. The van der Waals surface area contributed by atoms with Gasteiger partial charge in [-0.2, -0.15) is 0 Å². The number of rotatable bonds is 6. The number of alkyl carbamates (subject to hydrolysis) is 1. The van der Waals surface area contributed by atoms with Crippen LogP contribution < -0.4 is 10.8 Å². The van der Waals surface area contributed by atoms with E-state index in [0.29, 0.717) is 0 Å². The quantitative estimate of drug-likeness (QED) is 0.555. The highest BCUT2D eigenvalue weighted by atomic mass is 16.7. The number of benzene rings is 1. The molecule has 2 atom stereocenters. The molecular formula is C28H42BN3O6. The van der Waals surface area contributed by atoms with Crippen LogP contribution in [-0.2, 0) is 23.6 Å². The smallest absolute Gasteiger partial charge is 0.453 e. The summed E-state index contributed by atoms with van der Waals surface area (Å²) in [6.07, 6.45) is 4.10. The summed E-state index contributed by atoms with van der Waals surface area (Å²) in [6.45, 7) is 11.5. The molecule has 3 heterocycles. The number of aromatic nitrogens is 1. The van der Waals surface area contributed by atoms with Crippen molar-refractivity contribution in [1.82, 2.24) is 15.2 Å². The van der Waals surface area contributed by atoms with E-state index in [4.69, 9.17) is 14.0 Å². The lowest BCUT2D eigenvalue weighted by Gasteiger charge is -2.32. The van der Waals surface area contributed by atoms with Gasteiger partial charge in [0.15, 0.2) is 0 Å². The van der Waals surface area contributed by atoms with Crippen LogP contribution in [0.4, 0.5) is 4.79 Å². The summed E-state index contributed by atoms with van der Waals surface area (Å²) in [4.78, 5) is 28.6. The van der Waals surface area contributed by atoms with Crippen molar-refractivity contribution in [2.24, 2.45) is 0 Å². The standard InChI is InChI=1S/C16H20BNO2.C12H22N2O4/c1-15(2)16(3,4)20-17(19-15)13-9-7-12(8-10-13)14-6-5-11-18-14;1-9(17-2)10(13-12(16)18-3)11(15)14-7-5-4-6-8-14/h5-11,18H,1-4H3;9-10H,4-8H2,1-3H3,(H,13,16). The lowest BCUT2D eigenvalue weighted by atomic mass is 9.79. The highest BCUT2D eigenvalue weighted by molar-refractivity contribution is 6.62. The van der Waals surface area contributed by atoms with Crippen LogP contribution >= 0.6 is 0 Å². The highest BCUT2D eigenvalue weighted by Gasteiger charge is 2.51. The first-order valence-corrected chi connectivity index (χ1v) is 13.2. The van der Waals surface area contributed by atoms with Gasteiger partial charge in [-0.1, -0.05) is 24.3 Å². The van der Waals surface area contributed by atoms with E-state index in [1.54, 1.807) is 11.8 Å². The van der Waals surface area contributed by atoms with Crippen molar-refractivity contribution in [3.05, 3.63) is 42.6 Å². The molecule has 4 rings (SSSR count). The fraction of sp³-hybridized carbons (Fsp3) is 0.571. The van der Waals surface area contributed by atoms with Gasteiger partial charge in [-0.15, -0.1) is 0 Å². The van der Waals surface area contributed by atoms with Crippen molar-refractivity contribution in [3.63, 3.8) is 0 Å². The van der Waals surface area contributed by atoms with E-state index in [1.165, 1.54) is 14.2 Å². The number of ether oxygens (including phenoxy) is 2. The molecule has 9 nitrogen and oxygen atoms in total. The molecule has 38 heavy (non-hydrogen) atoms. The van der Waals surface area contributed by atoms with Crippen LogP contribution in [0.5, 0.6) is 0 Å². The second kappa shape index (κ2) is 12.8. The minimum atomic E-state index is -0.694. The molecule has 0 saturated carbocycles. The summed E-state index contributed by atoms with van der Waals surface area (Å²) < 4.78 is 21.8. The number of hydrogen-bond acceptors (Lipinski definition) is 6.